The molecule has 6 heteroatoms. The second-order valence-electron chi connectivity index (χ2n) is 4.21. The molecule has 0 spiro atoms. The Labute approximate surface area is 99.3 Å². The molecule has 17 heavy (non-hydrogen) atoms. The van der Waals surface area contributed by atoms with Gasteiger partial charge in [-0.25, -0.2) is 4.79 Å². The highest BCUT2D eigenvalue weighted by atomic mass is 16.5. The predicted octanol–water partition coefficient (Wildman–Crippen LogP) is -0.0385. The first-order valence-electron chi connectivity index (χ1n) is 5.57. The van der Waals surface area contributed by atoms with Crippen molar-refractivity contribution in [3.63, 3.8) is 0 Å². The van der Waals surface area contributed by atoms with Gasteiger partial charge in [-0.1, -0.05) is 0 Å². The molecule has 0 aromatic carbocycles. The highest BCUT2D eigenvalue weighted by molar-refractivity contribution is 5.86. The van der Waals surface area contributed by atoms with Crippen molar-refractivity contribution < 1.29 is 24.2 Å². The summed E-state index contributed by atoms with van der Waals surface area (Å²) in [5, 5.41) is 11.5. The first-order valence-corrected chi connectivity index (χ1v) is 5.57. The van der Waals surface area contributed by atoms with E-state index in [1.54, 1.807) is 0 Å². The van der Waals surface area contributed by atoms with E-state index in [4.69, 9.17) is 5.11 Å². The van der Waals surface area contributed by atoms with Gasteiger partial charge in [0.1, 0.15) is 18.4 Å². The minimum atomic E-state index is -1.10. The molecule has 1 aliphatic rings. The maximum absolute atomic E-state index is 11.3. The largest absolute Gasteiger partial charge is 0.480 e. The van der Waals surface area contributed by atoms with E-state index < -0.39 is 17.9 Å². The number of rotatable bonds is 5. The molecule has 0 radical (unpaired) electrons. The Morgan fingerprint density at radius 2 is 2.29 bits per heavy atom. The summed E-state index contributed by atoms with van der Waals surface area (Å²) in [5.41, 5.74) is 0. The van der Waals surface area contributed by atoms with E-state index in [0.717, 1.165) is 0 Å². The van der Waals surface area contributed by atoms with Crippen LogP contribution in [0.2, 0.25) is 0 Å². The van der Waals surface area contributed by atoms with Crippen LogP contribution in [0, 0.1) is 5.92 Å². The Kier molecular flexibility index (Phi) is 5.09. The fourth-order valence-corrected chi connectivity index (χ4v) is 2.07. The van der Waals surface area contributed by atoms with Crippen molar-refractivity contribution >= 4 is 17.7 Å². The monoisotopic (exact) mass is 243 g/mol. The topological polar surface area (TPSA) is 92.7 Å². The van der Waals surface area contributed by atoms with Crippen molar-refractivity contribution in [2.24, 2.45) is 5.92 Å². The van der Waals surface area contributed by atoms with E-state index in [1.165, 1.54) is 7.11 Å². The van der Waals surface area contributed by atoms with Gasteiger partial charge in [0.15, 0.2) is 0 Å². The van der Waals surface area contributed by atoms with Crippen LogP contribution < -0.4 is 5.32 Å². The molecule has 0 saturated heterocycles. The number of ether oxygens (including phenoxy) is 1. The number of nitrogens with one attached hydrogen (secondary N) is 1. The third-order valence-corrected chi connectivity index (χ3v) is 2.85. The zero-order valence-electron chi connectivity index (χ0n) is 9.77. The molecule has 2 N–H and O–H groups in total. The van der Waals surface area contributed by atoms with Crippen LogP contribution in [0.4, 0.5) is 0 Å². The van der Waals surface area contributed by atoms with Crippen molar-refractivity contribution in [2.45, 2.75) is 31.7 Å². The Morgan fingerprint density at radius 3 is 2.82 bits per heavy atom. The number of hydrogen-bond donors (Lipinski definition) is 2. The molecule has 0 bridgehead atoms. The molecule has 0 aromatic rings. The molecule has 0 unspecified atom stereocenters. The lowest BCUT2D eigenvalue weighted by atomic mass is 9.83. The first-order chi connectivity index (χ1) is 8.04. The second kappa shape index (κ2) is 6.34. The first kappa shape index (κ1) is 13.6. The Balaban J connectivity index is 2.61. The van der Waals surface area contributed by atoms with Gasteiger partial charge in [0.05, 0.1) is 0 Å². The van der Waals surface area contributed by atoms with E-state index in [9.17, 15) is 14.4 Å². The second-order valence-corrected chi connectivity index (χ2v) is 4.21. The Bertz CT molecular complexity index is 315. The van der Waals surface area contributed by atoms with Crippen LogP contribution in [-0.2, 0) is 19.1 Å². The number of carbonyl (C=O) groups excluding carboxylic acids is 2. The van der Waals surface area contributed by atoms with E-state index in [-0.39, 0.29) is 24.7 Å². The van der Waals surface area contributed by atoms with Gasteiger partial charge < -0.3 is 15.2 Å². The molecular formula is C11H17NO5. The number of carboxylic acid groups (broad SMARTS) is 1. The van der Waals surface area contributed by atoms with Crippen molar-refractivity contribution in [1.29, 1.82) is 0 Å². The van der Waals surface area contributed by atoms with Crippen LogP contribution in [0.3, 0.4) is 0 Å². The Hall–Kier alpha value is -1.43. The predicted molar refractivity (Wildman–Crippen MR) is 58.4 cm³/mol. The standard InChI is InChI=1S/C11H17NO5/c1-17-6-9(14)12-10(11(15)16)7-3-2-4-8(13)5-7/h7,10H,2-6H2,1H3,(H,12,14)(H,15,16)/t7-,10+/m1/s1. The average molecular weight is 243 g/mol. The van der Waals surface area contributed by atoms with Gasteiger partial charge in [0.2, 0.25) is 5.91 Å². The molecule has 0 aromatic heterocycles. The maximum atomic E-state index is 11.3. The summed E-state index contributed by atoms with van der Waals surface area (Å²) >= 11 is 0. The van der Waals surface area contributed by atoms with Crippen molar-refractivity contribution in [3.8, 4) is 0 Å². The number of aliphatic carboxylic acids is 1. The number of ketones is 1. The Morgan fingerprint density at radius 1 is 1.59 bits per heavy atom. The number of carbonyl (C=O) groups is 3. The molecule has 1 aliphatic carbocycles. The molecule has 0 heterocycles. The molecule has 6 nitrogen and oxygen atoms in total. The molecule has 1 rings (SSSR count). The smallest absolute Gasteiger partial charge is 0.326 e. The summed E-state index contributed by atoms with van der Waals surface area (Å²) in [6.45, 7) is -0.176. The highest BCUT2D eigenvalue weighted by Crippen LogP contribution is 2.24. The number of amides is 1. The van der Waals surface area contributed by atoms with Gasteiger partial charge in [-0.05, 0) is 18.8 Å². The van der Waals surface area contributed by atoms with Gasteiger partial charge in [0, 0.05) is 20.0 Å². The number of Topliss-reactive ketones (excluding diaryl/α,β-unsaturated/α-hetero) is 1. The number of carboxylic acids is 1. The van der Waals surface area contributed by atoms with Crippen LogP contribution in [0.25, 0.3) is 0 Å². The summed E-state index contributed by atoms with van der Waals surface area (Å²) in [6.07, 6.45) is 2.07. The average Bonchev–Trinajstić information content (AvgIpc) is 2.26. The van der Waals surface area contributed by atoms with Crippen molar-refractivity contribution in [2.75, 3.05) is 13.7 Å². The van der Waals surface area contributed by atoms with Crippen LogP contribution in [0.1, 0.15) is 25.7 Å². The molecule has 96 valence electrons. The van der Waals surface area contributed by atoms with E-state index in [2.05, 4.69) is 10.1 Å². The van der Waals surface area contributed by atoms with Gasteiger partial charge in [-0.3, -0.25) is 9.59 Å². The third-order valence-electron chi connectivity index (χ3n) is 2.85. The van der Waals surface area contributed by atoms with Crippen molar-refractivity contribution in [3.05, 3.63) is 0 Å². The minimum Gasteiger partial charge on any atom is -0.480 e. The summed E-state index contributed by atoms with van der Waals surface area (Å²) < 4.78 is 4.62. The van der Waals surface area contributed by atoms with E-state index in [0.29, 0.717) is 19.3 Å². The summed E-state index contributed by atoms with van der Waals surface area (Å²) in [5.74, 6) is -1.82. The van der Waals surface area contributed by atoms with Gasteiger partial charge in [-0.2, -0.15) is 0 Å². The van der Waals surface area contributed by atoms with Crippen LogP contribution in [0.5, 0.6) is 0 Å². The number of hydrogen-bond acceptors (Lipinski definition) is 4. The number of methoxy groups -OCH3 is 1. The molecular weight excluding hydrogens is 226 g/mol. The molecule has 1 saturated carbocycles. The van der Waals surface area contributed by atoms with Crippen molar-refractivity contribution in [1.82, 2.24) is 5.32 Å². The van der Waals surface area contributed by atoms with E-state index in [1.807, 2.05) is 0 Å². The normalized spacial score (nSPS) is 21.9. The summed E-state index contributed by atoms with van der Waals surface area (Å²) in [7, 11) is 1.36. The van der Waals surface area contributed by atoms with E-state index >= 15 is 0 Å². The fourth-order valence-electron chi connectivity index (χ4n) is 2.07. The lowest BCUT2D eigenvalue weighted by molar-refractivity contribution is -0.144. The van der Waals surface area contributed by atoms with Crippen LogP contribution in [-0.4, -0.2) is 42.5 Å². The molecule has 1 amide bonds. The molecule has 1 fully saturated rings. The molecule has 0 aliphatic heterocycles. The van der Waals surface area contributed by atoms with Crippen LogP contribution in [0.15, 0.2) is 0 Å². The SMILES string of the molecule is COCC(=O)N[C@H](C(=O)O)[C@@H]1CCCC(=O)C1. The molecule has 2 atom stereocenters. The summed E-state index contributed by atoms with van der Waals surface area (Å²) in [4.78, 5) is 33.7. The quantitative estimate of drug-likeness (QED) is 0.707. The fraction of sp³-hybridized carbons (Fsp3) is 0.727. The lowest BCUT2D eigenvalue weighted by Gasteiger charge is -2.27. The lowest BCUT2D eigenvalue weighted by Crippen LogP contribution is -2.48. The third kappa shape index (κ3) is 4.14. The zero-order chi connectivity index (χ0) is 12.8. The summed E-state index contributed by atoms with van der Waals surface area (Å²) in [6, 6.07) is -0.998. The maximum Gasteiger partial charge on any atom is 0.326 e. The zero-order valence-corrected chi connectivity index (χ0v) is 9.77. The highest BCUT2D eigenvalue weighted by Gasteiger charge is 2.33. The van der Waals surface area contributed by atoms with Gasteiger partial charge in [-0.15, -0.1) is 0 Å². The minimum absolute atomic E-state index is 0.0634. The van der Waals surface area contributed by atoms with Gasteiger partial charge in [0.25, 0.3) is 0 Å². The van der Waals surface area contributed by atoms with Crippen LogP contribution >= 0.6 is 0 Å². The van der Waals surface area contributed by atoms with Gasteiger partial charge >= 0.3 is 5.97 Å².